The van der Waals surface area contributed by atoms with Crippen molar-refractivity contribution in [3.8, 4) is 23.0 Å². The predicted octanol–water partition coefficient (Wildman–Crippen LogP) is 4.27. The molecule has 0 radical (unpaired) electrons. The number of ether oxygens (including phenoxy) is 2. The molecule has 0 fully saturated rings. The van der Waals surface area contributed by atoms with E-state index >= 15 is 0 Å². The first-order valence-corrected chi connectivity index (χ1v) is 13.0. The molecule has 1 aliphatic heterocycles. The van der Waals surface area contributed by atoms with Gasteiger partial charge in [-0.1, -0.05) is 6.92 Å². The van der Waals surface area contributed by atoms with Crippen LogP contribution in [0.2, 0.25) is 0 Å². The lowest BCUT2D eigenvalue weighted by Crippen LogP contribution is -2.35. The SMILES string of the molecule is CCCN1Cc2c(c(OCC)nn2C)/C=C/c2[nH]nc3c(C)nc(cc23)-c2c(C)nn(C)c2O[C@@H](C)C1. The summed E-state index contributed by atoms with van der Waals surface area (Å²) in [5.41, 5.74) is 7.28. The summed E-state index contributed by atoms with van der Waals surface area (Å²) in [4.78, 5) is 7.31. The summed E-state index contributed by atoms with van der Waals surface area (Å²) in [6.07, 6.45) is 5.10. The number of pyridine rings is 1. The quantitative estimate of drug-likeness (QED) is 0.443. The Bertz CT molecular complexity index is 1460. The minimum atomic E-state index is -0.0712. The van der Waals surface area contributed by atoms with Gasteiger partial charge in [0.1, 0.15) is 11.6 Å². The van der Waals surface area contributed by atoms with Crippen molar-refractivity contribution in [2.24, 2.45) is 14.1 Å². The Morgan fingerprint density at radius 1 is 1.11 bits per heavy atom. The minimum absolute atomic E-state index is 0.0712. The summed E-state index contributed by atoms with van der Waals surface area (Å²) in [6.45, 7) is 13.2. The summed E-state index contributed by atoms with van der Waals surface area (Å²) in [5, 5.41) is 18.1. The highest BCUT2D eigenvalue weighted by Crippen LogP contribution is 2.36. The third-order valence-corrected chi connectivity index (χ3v) is 6.78. The molecule has 0 spiro atoms. The molecule has 1 aliphatic rings. The van der Waals surface area contributed by atoms with Gasteiger partial charge in [-0.2, -0.15) is 10.2 Å². The van der Waals surface area contributed by atoms with Gasteiger partial charge in [-0.25, -0.2) is 4.68 Å². The summed E-state index contributed by atoms with van der Waals surface area (Å²) in [7, 11) is 3.90. The Morgan fingerprint density at radius 3 is 2.68 bits per heavy atom. The van der Waals surface area contributed by atoms with Gasteiger partial charge >= 0.3 is 0 Å². The number of rotatable bonds is 4. The van der Waals surface area contributed by atoms with Crippen molar-refractivity contribution in [1.82, 2.24) is 39.6 Å². The monoisotopic (exact) mass is 504 g/mol. The number of aromatic nitrogens is 7. The average molecular weight is 505 g/mol. The average Bonchev–Trinajstić information content (AvgIpc) is 3.46. The van der Waals surface area contributed by atoms with Crippen molar-refractivity contribution in [1.29, 1.82) is 0 Å². The summed E-state index contributed by atoms with van der Waals surface area (Å²) < 4.78 is 16.3. The van der Waals surface area contributed by atoms with E-state index in [2.05, 4.69) is 52.3 Å². The largest absolute Gasteiger partial charge is 0.476 e. The third-order valence-electron chi connectivity index (χ3n) is 6.78. The molecule has 196 valence electrons. The fraction of sp³-hybridized carbons (Fsp3) is 0.481. The van der Waals surface area contributed by atoms with Gasteiger partial charge in [0.2, 0.25) is 11.8 Å². The first kappa shape index (κ1) is 25.0. The molecule has 37 heavy (non-hydrogen) atoms. The van der Waals surface area contributed by atoms with E-state index in [1.165, 1.54) is 0 Å². The number of nitrogens with zero attached hydrogens (tertiary/aromatic N) is 7. The van der Waals surface area contributed by atoms with Gasteiger partial charge in [0.25, 0.3) is 0 Å². The molecule has 5 heterocycles. The van der Waals surface area contributed by atoms with Crippen molar-refractivity contribution >= 4 is 23.1 Å². The van der Waals surface area contributed by atoms with Gasteiger partial charge in [0.15, 0.2) is 0 Å². The molecular weight excluding hydrogens is 468 g/mol. The van der Waals surface area contributed by atoms with Gasteiger partial charge in [0, 0.05) is 32.6 Å². The summed E-state index contributed by atoms with van der Waals surface area (Å²) in [5.74, 6) is 1.36. The second-order valence-corrected chi connectivity index (χ2v) is 9.73. The van der Waals surface area contributed by atoms with E-state index in [9.17, 15) is 0 Å². The van der Waals surface area contributed by atoms with Gasteiger partial charge in [0.05, 0.1) is 46.2 Å². The third kappa shape index (κ3) is 4.61. The molecule has 5 rings (SSSR count). The minimum Gasteiger partial charge on any atom is -0.476 e. The molecule has 0 saturated heterocycles. The fourth-order valence-electron chi connectivity index (χ4n) is 5.18. The number of hydrogen-bond donors (Lipinski definition) is 1. The normalized spacial score (nSPS) is 17.2. The van der Waals surface area contributed by atoms with Crippen LogP contribution in [-0.4, -0.2) is 65.4 Å². The molecule has 2 bridgehead atoms. The first-order valence-electron chi connectivity index (χ1n) is 13.0. The lowest BCUT2D eigenvalue weighted by molar-refractivity contribution is 0.130. The Hall–Kier alpha value is -3.66. The van der Waals surface area contributed by atoms with Crippen molar-refractivity contribution in [2.75, 3.05) is 19.7 Å². The number of fused-ring (bicyclic) bond motifs is 4. The van der Waals surface area contributed by atoms with Crippen molar-refractivity contribution < 1.29 is 9.47 Å². The molecule has 1 atom stereocenters. The van der Waals surface area contributed by atoms with E-state index in [0.29, 0.717) is 12.5 Å². The molecule has 4 aromatic rings. The van der Waals surface area contributed by atoms with Crippen molar-refractivity contribution in [3.05, 3.63) is 34.4 Å². The number of aryl methyl sites for hydroxylation is 4. The second kappa shape index (κ2) is 10.0. The van der Waals surface area contributed by atoms with Gasteiger partial charge < -0.3 is 9.47 Å². The summed E-state index contributed by atoms with van der Waals surface area (Å²) >= 11 is 0. The standard InChI is InChI=1S/C27H36N8O2/c1-8-12-35-14-16(3)37-27-24(17(4)31-34(27)7)22-13-20-21(29-30-25(20)18(5)28-22)11-10-19-23(15-35)33(6)32-26(19)36-9-2/h10-11,13,16H,8-9,12,14-15H2,1-7H3,(H,29,30)/b11-10+/t16-/m0/s1. The van der Waals surface area contributed by atoms with E-state index in [0.717, 1.165) is 82.4 Å². The van der Waals surface area contributed by atoms with Crippen LogP contribution in [0.3, 0.4) is 0 Å². The fourth-order valence-corrected chi connectivity index (χ4v) is 5.18. The molecule has 0 unspecified atom stereocenters. The van der Waals surface area contributed by atoms with E-state index < -0.39 is 0 Å². The van der Waals surface area contributed by atoms with Crippen LogP contribution in [0, 0.1) is 13.8 Å². The van der Waals surface area contributed by atoms with E-state index in [1.54, 1.807) is 0 Å². The maximum Gasteiger partial charge on any atom is 0.240 e. The highest BCUT2D eigenvalue weighted by molar-refractivity contribution is 5.93. The molecular formula is C27H36N8O2. The second-order valence-electron chi connectivity index (χ2n) is 9.73. The number of hydrogen-bond acceptors (Lipinski definition) is 7. The van der Waals surface area contributed by atoms with E-state index in [-0.39, 0.29) is 6.10 Å². The first-order chi connectivity index (χ1) is 17.8. The zero-order chi connectivity index (χ0) is 26.3. The highest BCUT2D eigenvalue weighted by atomic mass is 16.5. The molecule has 10 nitrogen and oxygen atoms in total. The lowest BCUT2D eigenvalue weighted by Gasteiger charge is -2.26. The number of aromatic amines is 1. The zero-order valence-electron chi connectivity index (χ0n) is 22.8. The van der Waals surface area contributed by atoms with E-state index in [1.807, 2.05) is 44.2 Å². The van der Waals surface area contributed by atoms with Crippen LogP contribution in [0.25, 0.3) is 34.3 Å². The lowest BCUT2D eigenvalue weighted by atomic mass is 10.1. The van der Waals surface area contributed by atoms with Crippen LogP contribution in [0.1, 0.15) is 55.5 Å². The molecule has 0 saturated carbocycles. The topological polar surface area (TPSA) is 98.9 Å². The zero-order valence-corrected chi connectivity index (χ0v) is 22.8. The number of nitrogens with one attached hydrogen (secondary N) is 1. The van der Waals surface area contributed by atoms with Crippen LogP contribution < -0.4 is 9.47 Å². The van der Waals surface area contributed by atoms with Gasteiger partial charge in [-0.15, -0.1) is 5.10 Å². The Morgan fingerprint density at radius 2 is 1.92 bits per heavy atom. The van der Waals surface area contributed by atoms with Crippen molar-refractivity contribution in [3.63, 3.8) is 0 Å². The van der Waals surface area contributed by atoms with Crippen molar-refractivity contribution in [2.45, 2.75) is 53.7 Å². The maximum absolute atomic E-state index is 6.58. The smallest absolute Gasteiger partial charge is 0.240 e. The highest BCUT2D eigenvalue weighted by Gasteiger charge is 2.25. The molecule has 4 aromatic heterocycles. The van der Waals surface area contributed by atoms with Crippen LogP contribution >= 0.6 is 0 Å². The predicted molar refractivity (Wildman–Crippen MR) is 145 cm³/mol. The molecule has 0 aliphatic carbocycles. The molecule has 0 aromatic carbocycles. The Kier molecular flexibility index (Phi) is 6.76. The van der Waals surface area contributed by atoms with Crippen LogP contribution in [0.15, 0.2) is 6.07 Å². The molecule has 10 heteroatoms. The number of H-pyrrole nitrogens is 1. The van der Waals surface area contributed by atoms with E-state index in [4.69, 9.17) is 19.6 Å². The van der Waals surface area contributed by atoms with Gasteiger partial charge in [-0.05, 0) is 58.9 Å². The maximum atomic E-state index is 6.58. The molecule has 1 N–H and O–H groups in total. The Balaban J connectivity index is 1.73. The van der Waals surface area contributed by atoms with Gasteiger partial charge in [-0.3, -0.25) is 19.7 Å². The van der Waals surface area contributed by atoms with Crippen LogP contribution in [-0.2, 0) is 20.6 Å². The molecule has 0 amide bonds. The summed E-state index contributed by atoms with van der Waals surface area (Å²) in [6, 6.07) is 2.07. The van der Waals surface area contributed by atoms with Crippen LogP contribution in [0.4, 0.5) is 0 Å². The Labute approximate surface area is 217 Å². The van der Waals surface area contributed by atoms with Crippen LogP contribution in [0.5, 0.6) is 11.8 Å².